The highest BCUT2D eigenvalue weighted by Crippen LogP contribution is 2.25. The van der Waals surface area contributed by atoms with Crippen molar-refractivity contribution in [3.63, 3.8) is 0 Å². The molecule has 0 aliphatic heterocycles. The highest BCUT2D eigenvalue weighted by molar-refractivity contribution is 5.38. The average molecular weight is 234 g/mol. The molecule has 5 heteroatoms. The monoisotopic (exact) mass is 234 g/mol. The molecule has 0 amide bonds. The molecule has 1 aromatic carbocycles. The summed E-state index contributed by atoms with van der Waals surface area (Å²) in [4.78, 5) is 11.1. The van der Waals surface area contributed by atoms with Crippen molar-refractivity contribution in [2.45, 2.75) is 20.3 Å². The Bertz CT molecular complexity index is 584. The molecule has 1 heterocycles. The fraction of sp³-hybridized carbons (Fsp3) is 0.333. The number of hydrogen-bond acceptors (Lipinski definition) is 4. The minimum absolute atomic E-state index is 0.162. The summed E-state index contributed by atoms with van der Waals surface area (Å²) in [6, 6.07) is 6.10. The van der Waals surface area contributed by atoms with E-state index >= 15 is 0 Å². The number of aromatic nitrogens is 2. The van der Waals surface area contributed by atoms with Crippen LogP contribution in [0.3, 0.4) is 0 Å². The Morgan fingerprint density at radius 2 is 2.24 bits per heavy atom. The molecule has 90 valence electrons. The van der Waals surface area contributed by atoms with Crippen LogP contribution in [0.25, 0.3) is 0 Å². The van der Waals surface area contributed by atoms with Gasteiger partial charge in [-0.3, -0.25) is 4.52 Å². The zero-order valence-electron chi connectivity index (χ0n) is 10.1. The van der Waals surface area contributed by atoms with Crippen LogP contribution in [0, 0.1) is 6.92 Å². The lowest BCUT2D eigenvalue weighted by molar-refractivity contribution is 0.350. The normalized spacial score (nSPS) is 10.5. The van der Waals surface area contributed by atoms with Gasteiger partial charge in [-0.15, -0.1) is 0 Å². The molecule has 0 atom stereocenters. The molecule has 0 radical (unpaired) electrons. The molecule has 0 bridgehead atoms. The molecule has 0 saturated carbocycles. The van der Waals surface area contributed by atoms with Gasteiger partial charge in [-0.05, 0) is 35.7 Å². The highest BCUT2D eigenvalue weighted by atomic mass is 16.6. The smallest absolute Gasteiger partial charge is 0.423 e. The van der Waals surface area contributed by atoms with Crippen molar-refractivity contribution in [3.8, 4) is 11.8 Å². The second-order valence-corrected chi connectivity index (χ2v) is 3.86. The molecule has 2 rings (SSSR count). The Balaban J connectivity index is 2.38. The van der Waals surface area contributed by atoms with Gasteiger partial charge in [0.25, 0.3) is 0 Å². The van der Waals surface area contributed by atoms with Crippen molar-refractivity contribution in [1.29, 1.82) is 0 Å². The third kappa shape index (κ3) is 2.22. The minimum Gasteiger partial charge on any atom is -0.423 e. The molecule has 0 unspecified atom stereocenters. The topological polar surface area (TPSA) is 57.3 Å². The second kappa shape index (κ2) is 4.45. The second-order valence-electron chi connectivity index (χ2n) is 3.86. The summed E-state index contributed by atoms with van der Waals surface area (Å²) in [5.74, 6) is 0.169. The number of rotatable bonds is 3. The van der Waals surface area contributed by atoms with E-state index in [1.165, 1.54) is 4.57 Å². The van der Waals surface area contributed by atoms with Gasteiger partial charge in [-0.25, -0.2) is 9.36 Å². The summed E-state index contributed by atoms with van der Waals surface area (Å²) in [7, 11) is 1.55. The maximum absolute atomic E-state index is 11.1. The van der Waals surface area contributed by atoms with E-state index in [2.05, 4.69) is 9.68 Å². The molecule has 0 fully saturated rings. The van der Waals surface area contributed by atoms with Crippen LogP contribution in [-0.2, 0) is 13.5 Å². The summed E-state index contributed by atoms with van der Waals surface area (Å²) in [6.07, 6.45) is 0.849. The lowest BCUT2D eigenvalue weighted by atomic mass is 10.1. The van der Waals surface area contributed by atoms with Crippen molar-refractivity contribution in [1.82, 2.24) is 9.72 Å². The largest absolute Gasteiger partial charge is 0.444 e. The van der Waals surface area contributed by atoms with Gasteiger partial charge in [-0.2, -0.15) is 0 Å². The SMILES string of the molecule is CCc1ccc(C)cc1Oc1noc(=O)n1C. The summed E-state index contributed by atoms with van der Waals surface area (Å²) in [6.45, 7) is 4.02. The van der Waals surface area contributed by atoms with Gasteiger partial charge < -0.3 is 4.74 Å². The van der Waals surface area contributed by atoms with Gasteiger partial charge in [0.15, 0.2) is 0 Å². The van der Waals surface area contributed by atoms with Crippen molar-refractivity contribution < 1.29 is 9.26 Å². The van der Waals surface area contributed by atoms with Gasteiger partial charge in [0.05, 0.1) is 0 Å². The Hall–Kier alpha value is -2.04. The summed E-state index contributed by atoms with van der Waals surface area (Å²) < 4.78 is 11.3. The fourth-order valence-electron chi connectivity index (χ4n) is 1.51. The Kier molecular flexibility index (Phi) is 2.99. The Morgan fingerprint density at radius 1 is 1.47 bits per heavy atom. The van der Waals surface area contributed by atoms with Gasteiger partial charge in [0.1, 0.15) is 5.75 Å². The fourth-order valence-corrected chi connectivity index (χ4v) is 1.51. The molecule has 5 nitrogen and oxygen atoms in total. The number of ether oxygens (including phenoxy) is 1. The van der Waals surface area contributed by atoms with E-state index in [4.69, 9.17) is 4.74 Å². The molecule has 0 spiro atoms. The van der Waals surface area contributed by atoms with Crippen LogP contribution in [0.5, 0.6) is 11.8 Å². The van der Waals surface area contributed by atoms with Crippen molar-refractivity contribution >= 4 is 0 Å². The quantitative estimate of drug-likeness (QED) is 0.815. The Labute approximate surface area is 98.6 Å². The van der Waals surface area contributed by atoms with Crippen LogP contribution < -0.4 is 10.5 Å². The minimum atomic E-state index is -0.536. The van der Waals surface area contributed by atoms with Crippen LogP contribution in [-0.4, -0.2) is 9.72 Å². The molecule has 0 saturated heterocycles. The molecular formula is C12H14N2O3. The molecule has 1 aromatic heterocycles. The molecule has 0 N–H and O–H groups in total. The molecule has 2 aromatic rings. The molecular weight excluding hydrogens is 220 g/mol. The zero-order chi connectivity index (χ0) is 12.4. The molecule has 17 heavy (non-hydrogen) atoms. The highest BCUT2D eigenvalue weighted by Gasteiger charge is 2.11. The number of hydrogen-bond donors (Lipinski definition) is 0. The molecule has 0 aliphatic rings. The van der Waals surface area contributed by atoms with Crippen LogP contribution in [0.4, 0.5) is 0 Å². The third-order valence-electron chi connectivity index (χ3n) is 2.57. The first-order chi connectivity index (χ1) is 8.11. The van der Waals surface area contributed by atoms with E-state index in [9.17, 15) is 4.79 Å². The standard InChI is InChI=1S/C12H14N2O3/c1-4-9-6-5-8(2)7-10(9)16-11-13-17-12(15)14(11)3/h5-7H,4H2,1-3H3. The summed E-state index contributed by atoms with van der Waals surface area (Å²) in [5, 5.41) is 3.57. The van der Waals surface area contributed by atoms with Crippen molar-refractivity contribution in [2.24, 2.45) is 7.05 Å². The van der Waals surface area contributed by atoms with Gasteiger partial charge in [0.2, 0.25) is 0 Å². The van der Waals surface area contributed by atoms with E-state index in [1.807, 2.05) is 32.0 Å². The van der Waals surface area contributed by atoms with E-state index in [0.29, 0.717) is 5.75 Å². The van der Waals surface area contributed by atoms with E-state index in [-0.39, 0.29) is 6.01 Å². The van der Waals surface area contributed by atoms with Crippen molar-refractivity contribution in [2.75, 3.05) is 0 Å². The average Bonchev–Trinajstić information content (AvgIpc) is 2.61. The van der Waals surface area contributed by atoms with E-state index in [1.54, 1.807) is 7.05 Å². The predicted octanol–water partition coefficient (Wildman–Crippen LogP) is 2.04. The molecule has 0 aliphatic carbocycles. The first-order valence-corrected chi connectivity index (χ1v) is 5.42. The maximum Gasteiger partial charge on any atom is 0.444 e. The lowest BCUT2D eigenvalue weighted by Gasteiger charge is -2.08. The van der Waals surface area contributed by atoms with Crippen LogP contribution in [0.1, 0.15) is 18.1 Å². The zero-order valence-corrected chi connectivity index (χ0v) is 10.1. The van der Waals surface area contributed by atoms with Crippen LogP contribution in [0.2, 0.25) is 0 Å². The number of nitrogens with zero attached hydrogens (tertiary/aromatic N) is 2. The first-order valence-electron chi connectivity index (χ1n) is 5.42. The first kappa shape index (κ1) is 11.4. The number of aryl methyl sites for hydroxylation is 2. The maximum atomic E-state index is 11.1. The van der Waals surface area contributed by atoms with Crippen LogP contribution in [0.15, 0.2) is 27.5 Å². The van der Waals surface area contributed by atoms with Gasteiger partial charge in [0, 0.05) is 7.05 Å². The summed E-state index contributed by atoms with van der Waals surface area (Å²) >= 11 is 0. The van der Waals surface area contributed by atoms with Gasteiger partial charge >= 0.3 is 11.8 Å². The third-order valence-corrected chi connectivity index (χ3v) is 2.57. The van der Waals surface area contributed by atoms with E-state index < -0.39 is 5.76 Å². The van der Waals surface area contributed by atoms with Crippen LogP contribution >= 0.6 is 0 Å². The lowest BCUT2D eigenvalue weighted by Crippen LogP contribution is -2.10. The van der Waals surface area contributed by atoms with Gasteiger partial charge in [-0.1, -0.05) is 19.1 Å². The number of benzene rings is 1. The Morgan fingerprint density at radius 3 is 2.82 bits per heavy atom. The summed E-state index contributed by atoms with van der Waals surface area (Å²) in [5.41, 5.74) is 2.15. The predicted molar refractivity (Wildman–Crippen MR) is 62.4 cm³/mol. The van der Waals surface area contributed by atoms with Crippen molar-refractivity contribution in [3.05, 3.63) is 39.9 Å². The van der Waals surface area contributed by atoms with E-state index in [0.717, 1.165) is 17.5 Å².